The number of hydrogen-bond donors (Lipinski definition) is 0. The number of pyridine rings is 1. The third-order valence-corrected chi connectivity index (χ3v) is 5.35. The highest BCUT2D eigenvalue weighted by atomic mass is 19.2. The Balaban J connectivity index is 1.96. The topological polar surface area (TPSA) is 43.7 Å². The monoisotopic (exact) mass is 396 g/mol. The van der Waals surface area contributed by atoms with E-state index in [-0.39, 0.29) is 17.7 Å². The summed E-state index contributed by atoms with van der Waals surface area (Å²) in [5.74, 6) is -0.762. The molecule has 5 nitrogen and oxygen atoms in total. The fraction of sp³-hybridized carbons (Fsp3) is 0.227. The first-order valence-electron chi connectivity index (χ1n) is 9.26. The molecule has 1 aromatic heterocycles. The van der Waals surface area contributed by atoms with Gasteiger partial charge in [0.05, 0.1) is 10.9 Å². The highest BCUT2D eigenvalue weighted by molar-refractivity contribution is 6.15. The smallest absolute Gasteiger partial charge is 0.259 e. The second kappa shape index (κ2) is 6.42. The van der Waals surface area contributed by atoms with Crippen LogP contribution in [0.3, 0.4) is 0 Å². The number of nitrogens with zero attached hydrogens (tertiary/aromatic N) is 2. The van der Waals surface area contributed by atoms with Crippen LogP contribution in [0.15, 0.2) is 41.2 Å². The van der Waals surface area contributed by atoms with Crippen LogP contribution in [0.5, 0.6) is 11.5 Å². The van der Waals surface area contributed by atoms with Crippen molar-refractivity contribution in [1.82, 2.24) is 9.47 Å². The molecule has 29 heavy (non-hydrogen) atoms. The Morgan fingerprint density at radius 1 is 0.931 bits per heavy atom. The van der Waals surface area contributed by atoms with Gasteiger partial charge < -0.3 is 18.9 Å². The Bertz CT molecular complexity index is 1360. The lowest BCUT2D eigenvalue weighted by molar-refractivity contribution is 0.174. The van der Waals surface area contributed by atoms with E-state index in [2.05, 4.69) is 0 Å². The van der Waals surface area contributed by atoms with Crippen molar-refractivity contribution in [3.63, 3.8) is 0 Å². The standard InChI is InChI=1S/C22H18F2N2O3/c1-25(2)5-6-26-21-13(15-8-17(23)18(24)9-16(15)22(26)27)4-3-12-7-19-20(10-14(12)21)29-11-28-19/h3-4,7-10H,5-6,11H2,1-2H3. The molecule has 0 saturated carbocycles. The third kappa shape index (κ3) is 2.73. The largest absolute Gasteiger partial charge is 0.454 e. The molecule has 0 radical (unpaired) electrons. The molecule has 7 heteroatoms. The van der Waals surface area contributed by atoms with E-state index in [1.54, 1.807) is 4.57 Å². The van der Waals surface area contributed by atoms with E-state index in [9.17, 15) is 13.6 Å². The first-order valence-corrected chi connectivity index (χ1v) is 9.26. The van der Waals surface area contributed by atoms with E-state index in [1.807, 2.05) is 43.3 Å². The van der Waals surface area contributed by atoms with E-state index in [0.717, 1.165) is 22.9 Å². The fourth-order valence-electron chi connectivity index (χ4n) is 3.91. The number of fused-ring (bicyclic) bond motifs is 6. The summed E-state index contributed by atoms with van der Waals surface area (Å²) in [7, 11) is 3.83. The Morgan fingerprint density at radius 2 is 1.62 bits per heavy atom. The van der Waals surface area contributed by atoms with Gasteiger partial charge in [0.2, 0.25) is 6.79 Å². The molecule has 0 saturated heterocycles. The van der Waals surface area contributed by atoms with E-state index in [1.165, 1.54) is 0 Å². The molecule has 148 valence electrons. The predicted octanol–water partition coefficient (Wildman–Crippen LogP) is 3.88. The maximum Gasteiger partial charge on any atom is 0.259 e. The van der Waals surface area contributed by atoms with Crippen molar-refractivity contribution in [3.8, 4) is 11.5 Å². The van der Waals surface area contributed by atoms with Gasteiger partial charge in [0.15, 0.2) is 23.1 Å². The third-order valence-electron chi connectivity index (χ3n) is 5.35. The number of likely N-dealkylation sites (N-methyl/N-ethyl adjacent to an activating group) is 1. The van der Waals surface area contributed by atoms with Crippen molar-refractivity contribution >= 4 is 32.4 Å². The maximum atomic E-state index is 14.0. The summed E-state index contributed by atoms with van der Waals surface area (Å²) in [6, 6.07) is 9.53. The summed E-state index contributed by atoms with van der Waals surface area (Å²) in [6.07, 6.45) is 0. The zero-order valence-corrected chi connectivity index (χ0v) is 16.0. The van der Waals surface area contributed by atoms with Gasteiger partial charge in [-0.2, -0.15) is 0 Å². The highest BCUT2D eigenvalue weighted by Gasteiger charge is 2.20. The lowest BCUT2D eigenvalue weighted by Gasteiger charge is -2.18. The molecule has 4 aromatic rings. The molecule has 1 aliphatic rings. The second-order valence-electron chi connectivity index (χ2n) is 7.46. The van der Waals surface area contributed by atoms with Crippen LogP contribution in [-0.2, 0) is 6.54 Å². The fourth-order valence-corrected chi connectivity index (χ4v) is 3.91. The molecule has 0 fully saturated rings. The normalized spacial score (nSPS) is 13.3. The van der Waals surface area contributed by atoms with Crippen LogP contribution in [0, 0.1) is 11.6 Å². The lowest BCUT2D eigenvalue weighted by Crippen LogP contribution is -2.27. The minimum absolute atomic E-state index is 0.143. The molecule has 5 rings (SSSR count). The lowest BCUT2D eigenvalue weighted by atomic mass is 10.00. The van der Waals surface area contributed by atoms with Gasteiger partial charge in [-0.3, -0.25) is 4.79 Å². The Labute approximate surface area is 164 Å². The summed E-state index contributed by atoms with van der Waals surface area (Å²) < 4.78 is 40.6. The summed E-state index contributed by atoms with van der Waals surface area (Å²) >= 11 is 0. The van der Waals surface area contributed by atoms with Crippen LogP contribution < -0.4 is 15.0 Å². The number of ether oxygens (including phenoxy) is 2. The van der Waals surface area contributed by atoms with E-state index in [0.29, 0.717) is 40.9 Å². The molecule has 0 unspecified atom stereocenters. The van der Waals surface area contributed by atoms with Crippen LogP contribution in [0.4, 0.5) is 8.78 Å². The molecule has 0 bridgehead atoms. The number of benzene rings is 3. The molecular weight excluding hydrogens is 378 g/mol. The Morgan fingerprint density at radius 3 is 2.34 bits per heavy atom. The number of hydrogen-bond acceptors (Lipinski definition) is 4. The number of aromatic nitrogens is 1. The van der Waals surface area contributed by atoms with Crippen molar-refractivity contribution < 1.29 is 18.3 Å². The molecule has 0 aliphatic carbocycles. The molecule has 0 amide bonds. The van der Waals surface area contributed by atoms with Crippen LogP contribution in [0.25, 0.3) is 32.4 Å². The van der Waals surface area contributed by atoms with Gasteiger partial charge in [0, 0.05) is 23.9 Å². The highest BCUT2D eigenvalue weighted by Crippen LogP contribution is 2.39. The molecular formula is C22H18F2N2O3. The maximum absolute atomic E-state index is 14.0. The van der Waals surface area contributed by atoms with E-state index >= 15 is 0 Å². The molecule has 0 atom stereocenters. The summed E-state index contributed by atoms with van der Waals surface area (Å²) in [6.45, 7) is 1.17. The molecule has 1 aliphatic heterocycles. The average molecular weight is 396 g/mol. The van der Waals surface area contributed by atoms with Gasteiger partial charge >= 0.3 is 0 Å². The summed E-state index contributed by atoms with van der Waals surface area (Å²) in [5.41, 5.74) is 0.324. The van der Waals surface area contributed by atoms with Gasteiger partial charge in [-0.05, 0) is 49.1 Å². The van der Waals surface area contributed by atoms with Gasteiger partial charge in [0.25, 0.3) is 5.56 Å². The average Bonchev–Trinajstić information content (AvgIpc) is 3.14. The molecule has 3 aromatic carbocycles. The van der Waals surface area contributed by atoms with Gasteiger partial charge in [-0.1, -0.05) is 12.1 Å². The van der Waals surface area contributed by atoms with Gasteiger partial charge in [-0.15, -0.1) is 0 Å². The quantitative estimate of drug-likeness (QED) is 0.493. The van der Waals surface area contributed by atoms with Gasteiger partial charge in [0.1, 0.15) is 0 Å². The minimum atomic E-state index is -1.03. The van der Waals surface area contributed by atoms with Crippen LogP contribution >= 0.6 is 0 Å². The van der Waals surface area contributed by atoms with Crippen LogP contribution in [0.1, 0.15) is 0 Å². The zero-order valence-electron chi connectivity index (χ0n) is 16.0. The van der Waals surface area contributed by atoms with Crippen molar-refractivity contribution in [1.29, 1.82) is 0 Å². The number of halogens is 2. The molecule has 2 heterocycles. The van der Waals surface area contributed by atoms with Crippen LogP contribution in [0.2, 0.25) is 0 Å². The SMILES string of the molecule is CN(C)CCn1c(=O)c2cc(F)c(F)cc2c2ccc3cc4c(cc3c21)OCO4. The van der Waals surface area contributed by atoms with Crippen molar-refractivity contribution in [2.24, 2.45) is 0 Å². The van der Waals surface area contributed by atoms with Crippen molar-refractivity contribution in [2.45, 2.75) is 6.54 Å². The summed E-state index contributed by atoms with van der Waals surface area (Å²) in [4.78, 5) is 15.3. The van der Waals surface area contributed by atoms with Crippen molar-refractivity contribution in [3.05, 3.63) is 58.4 Å². The summed E-state index contributed by atoms with van der Waals surface area (Å²) in [5, 5.41) is 2.92. The number of rotatable bonds is 3. The predicted molar refractivity (Wildman–Crippen MR) is 108 cm³/mol. The Kier molecular flexibility index (Phi) is 3.96. The molecule has 0 spiro atoms. The molecule has 0 N–H and O–H groups in total. The van der Waals surface area contributed by atoms with Crippen molar-refractivity contribution in [2.75, 3.05) is 27.4 Å². The Hall–Kier alpha value is -3.19. The first-order chi connectivity index (χ1) is 13.9. The first kappa shape index (κ1) is 17.9. The van der Waals surface area contributed by atoms with Crippen LogP contribution in [-0.4, -0.2) is 36.9 Å². The van der Waals surface area contributed by atoms with E-state index < -0.39 is 11.6 Å². The zero-order chi connectivity index (χ0) is 20.3. The van der Waals surface area contributed by atoms with Gasteiger partial charge in [-0.25, -0.2) is 8.78 Å². The second-order valence-corrected chi connectivity index (χ2v) is 7.46. The minimum Gasteiger partial charge on any atom is -0.454 e. The van der Waals surface area contributed by atoms with E-state index in [4.69, 9.17) is 9.47 Å².